The molecule has 1 atom stereocenters. The molecule has 0 bridgehead atoms. The standard InChI is InChI=1S/C22H25N3O/c1-25(15-26)21(23)24-20-19-9-5-4-8-18(19)14-22(20)12-10-16-6-2-3-7-17(16)11-13-22/h2-9,15,20H,10-14H2,1H3,(H2,23,24). The Morgan fingerprint density at radius 3 is 2.27 bits per heavy atom. The van der Waals surface area contributed by atoms with E-state index in [0.29, 0.717) is 5.96 Å². The molecule has 2 aliphatic rings. The molecule has 1 spiro atoms. The molecule has 0 fully saturated rings. The van der Waals surface area contributed by atoms with Crippen LogP contribution < -0.4 is 5.73 Å². The quantitative estimate of drug-likeness (QED) is 0.515. The van der Waals surface area contributed by atoms with Gasteiger partial charge in [0.25, 0.3) is 0 Å². The van der Waals surface area contributed by atoms with Gasteiger partial charge in [-0.05, 0) is 54.4 Å². The third-order valence-electron chi connectivity index (χ3n) is 6.16. The number of benzene rings is 2. The average molecular weight is 347 g/mol. The second-order valence-corrected chi connectivity index (χ2v) is 7.61. The maximum atomic E-state index is 11.1. The third kappa shape index (κ3) is 2.79. The summed E-state index contributed by atoms with van der Waals surface area (Å²) >= 11 is 0. The summed E-state index contributed by atoms with van der Waals surface area (Å²) < 4.78 is 0. The predicted octanol–water partition coefficient (Wildman–Crippen LogP) is 3.25. The molecule has 0 radical (unpaired) electrons. The second kappa shape index (κ2) is 6.60. The number of hydrogen-bond acceptors (Lipinski definition) is 2. The number of nitrogens with zero attached hydrogens (tertiary/aromatic N) is 2. The fourth-order valence-corrected chi connectivity index (χ4v) is 4.64. The first-order valence-corrected chi connectivity index (χ1v) is 9.29. The number of rotatable bonds is 2. The van der Waals surface area contributed by atoms with Gasteiger partial charge in [-0.2, -0.15) is 0 Å². The van der Waals surface area contributed by atoms with E-state index in [4.69, 9.17) is 10.7 Å². The molecule has 1 unspecified atom stereocenters. The lowest BCUT2D eigenvalue weighted by atomic mass is 9.74. The van der Waals surface area contributed by atoms with Crippen LogP contribution in [0.4, 0.5) is 0 Å². The van der Waals surface area contributed by atoms with Crippen molar-refractivity contribution < 1.29 is 4.79 Å². The van der Waals surface area contributed by atoms with Crippen LogP contribution in [-0.4, -0.2) is 24.3 Å². The van der Waals surface area contributed by atoms with Gasteiger partial charge in [0.1, 0.15) is 0 Å². The number of amides is 1. The summed E-state index contributed by atoms with van der Waals surface area (Å²) in [4.78, 5) is 17.3. The minimum atomic E-state index is 0.00964. The van der Waals surface area contributed by atoms with Crippen molar-refractivity contribution in [2.75, 3.05) is 7.05 Å². The summed E-state index contributed by atoms with van der Waals surface area (Å²) in [7, 11) is 1.66. The number of carbonyl (C=O) groups excluding carboxylic acids is 1. The molecule has 2 aromatic carbocycles. The van der Waals surface area contributed by atoms with Gasteiger partial charge in [0.15, 0.2) is 5.96 Å². The van der Waals surface area contributed by atoms with E-state index < -0.39 is 0 Å². The fourth-order valence-electron chi connectivity index (χ4n) is 4.64. The maximum absolute atomic E-state index is 11.1. The molecule has 1 amide bonds. The van der Waals surface area contributed by atoms with Crippen LogP contribution in [-0.2, 0) is 24.1 Å². The number of hydrogen-bond donors (Lipinski definition) is 1. The van der Waals surface area contributed by atoms with Crippen molar-refractivity contribution >= 4 is 12.4 Å². The SMILES string of the molecule is CN(C=O)C(N)=NC1c2ccccc2CC12CCc1ccccc1CC2. The lowest BCUT2D eigenvalue weighted by Crippen LogP contribution is -2.35. The van der Waals surface area contributed by atoms with Crippen LogP contribution in [0.15, 0.2) is 53.5 Å². The van der Waals surface area contributed by atoms with Crippen molar-refractivity contribution in [2.45, 2.75) is 38.1 Å². The van der Waals surface area contributed by atoms with Crippen LogP contribution in [0.3, 0.4) is 0 Å². The molecule has 4 rings (SSSR count). The van der Waals surface area contributed by atoms with Gasteiger partial charge in [0, 0.05) is 12.5 Å². The summed E-state index contributed by atoms with van der Waals surface area (Å²) in [5.41, 5.74) is 11.7. The Kier molecular flexibility index (Phi) is 4.27. The fraction of sp³-hybridized carbons (Fsp3) is 0.364. The van der Waals surface area contributed by atoms with Gasteiger partial charge in [0.2, 0.25) is 6.41 Å². The van der Waals surface area contributed by atoms with E-state index in [0.717, 1.165) is 38.5 Å². The first kappa shape index (κ1) is 16.8. The first-order chi connectivity index (χ1) is 12.6. The second-order valence-electron chi connectivity index (χ2n) is 7.61. The van der Waals surface area contributed by atoms with E-state index in [1.165, 1.54) is 27.2 Å². The molecule has 0 aromatic heterocycles. The normalized spacial score (nSPS) is 21.0. The zero-order valence-corrected chi connectivity index (χ0v) is 15.2. The molecule has 134 valence electrons. The summed E-state index contributed by atoms with van der Waals surface area (Å²) in [5.74, 6) is 0.294. The van der Waals surface area contributed by atoms with Crippen molar-refractivity contribution in [1.29, 1.82) is 0 Å². The van der Waals surface area contributed by atoms with E-state index in [1.807, 2.05) is 0 Å². The lowest BCUT2D eigenvalue weighted by Gasteiger charge is -2.33. The van der Waals surface area contributed by atoms with Gasteiger partial charge in [-0.15, -0.1) is 0 Å². The van der Waals surface area contributed by atoms with E-state index in [1.54, 1.807) is 7.05 Å². The topological polar surface area (TPSA) is 58.7 Å². The largest absolute Gasteiger partial charge is 0.369 e. The Morgan fingerprint density at radius 1 is 1.08 bits per heavy atom. The lowest BCUT2D eigenvalue weighted by molar-refractivity contribution is -0.114. The highest BCUT2D eigenvalue weighted by molar-refractivity contribution is 5.87. The number of aryl methyl sites for hydroxylation is 2. The third-order valence-corrected chi connectivity index (χ3v) is 6.16. The summed E-state index contributed by atoms with van der Waals surface area (Å²) in [6.45, 7) is 0. The molecule has 2 aromatic rings. The number of fused-ring (bicyclic) bond motifs is 2. The number of nitrogens with two attached hydrogens (primary N) is 1. The van der Waals surface area contributed by atoms with Crippen LogP contribution >= 0.6 is 0 Å². The highest BCUT2D eigenvalue weighted by atomic mass is 16.1. The molecule has 0 saturated heterocycles. The van der Waals surface area contributed by atoms with Gasteiger partial charge < -0.3 is 5.73 Å². The van der Waals surface area contributed by atoms with Crippen LogP contribution in [0, 0.1) is 5.41 Å². The highest BCUT2D eigenvalue weighted by Crippen LogP contribution is 2.54. The zero-order valence-electron chi connectivity index (χ0n) is 15.2. The van der Waals surface area contributed by atoms with Gasteiger partial charge >= 0.3 is 0 Å². The Labute approximate surface area is 154 Å². The minimum Gasteiger partial charge on any atom is -0.369 e. The van der Waals surface area contributed by atoms with Crippen molar-refractivity contribution in [3.8, 4) is 0 Å². The average Bonchev–Trinajstić information content (AvgIpc) is 2.85. The van der Waals surface area contributed by atoms with E-state index in [2.05, 4.69) is 48.5 Å². The molecule has 0 aliphatic heterocycles. The number of aliphatic imine (C=N–C) groups is 1. The predicted molar refractivity (Wildman–Crippen MR) is 104 cm³/mol. The summed E-state index contributed by atoms with van der Waals surface area (Å²) in [5, 5.41) is 0. The molecule has 2 N–H and O–H groups in total. The summed E-state index contributed by atoms with van der Waals surface area (Å²) in [6.07, 6.45) is 6.06. The minimum absolute atomic E-state index is 0.00964. The van der Waals surface area contributed by atoms with Gasteiger partial charge in [-0.3, -0.25) is 9.69 Å². The molecule has 26 heavy (non-hydrogen) atoms. The van der Waals surface area contributed by atoms with Crippen LogP contribution in [0.5, 0.6) is 0 Å². The Balaban J connectivity index is 1.74. The number of guanidine groups is 1. The van der Waals surface area contributed by atoms with Crippen LogP contribution in [0.25, 0.3) is 0 Å². The first-order valence-electron chi connectivity index (χ1n) is 9.29. The molecule has 4 nitrogen and oxygen atoms in total. The van der Waals surface area contributed by atoms with Gasteiger partial charge in [-0.1, -0.05) is 48.5 Å². The molecular weight excluding hydrogens is 322 g/mol. The smallest absolute Gasteiger partial charge is 0.216 e. The molecular formula is C22H25N3O. The van der Waals surface area contributed by atoms with E-state index in [9.17, 15) is 4.79 Å². The maximum Gasteiger partial charge on any atom is 0.216 e. The van der Waals surface area contributed by atoms with Gasteiger partial charge in [-0.25, -0.2) is 4.99 Å². The molecule has 0 heterocycles. The van der Waals surface area contributed by atoms with E-state index >= 15 is 0 Å². The molecule has 4 heteroatoms. The Bertz CT molecular complexity index is 831. The Morgan fingerprint density at radius 2 is 1.65 bits per heavy atom. The molecule has 0 saturated carbocycles. The highest BCUT2D eigenvalue weighted by Gasteiger charge is 2.46. The molecule has 2 aliphatic carbocycles. The number of carbonyl (C=O) groups is 1. The van der Waals surface area contributed by atoms with Gasteiger partial charge in [0.05, 0.1) is 6.04 Å². The Hall–Kier alpha value is -2.62. The van der Waals surface area contributed by atoms with Crippen molar-refractivity contribution in [3.63, 3.8) is 0 Å². The zero-order chi connectivity index (χ0) is 18.1. The van der Waals surface area contributed by atoms with E-state index in [-0.39, 0.29) is 11.5 Å². The van der Waals surface area contributed by atoms with Crippen molar-refractivity contribution in [1.82, 2.24) is 4.90 Å². The summed E-state index contributed by atoms with van der Waals surface area (Å²) in [6, 6.07) is 17.3. The van der Waals surface area contributed by atoms with Crippen molar-refractivity contribution in [2.24, 2.45) is 16.1 Å². The monoisotopic (exact) mass is 347 g/mol. The van der Waals surface area contributed by atoms with Crippen LogP contribution in [0.1, 0.15) is 41.1 Å². The van der Waals surface area contributed by atoms with Crippen molar-refractivity contribution in [3.05, 3.63) is 70.8 Å². The van der Waals surface area contributed by atoms with Crippen LogP contribution in [0.2, 0.25) is 0 Å².